The van der Waals surface area contributed by atoms with Gasteiger partial charge in [0.05, 0.1) is 0 Å². The number of nitrogens with one attached hydrogen (secondary N) is 1. The molecule has 0 fully saturated rings. The number of rotatable bonds is 1. The minimum atomic E-state index is -0.477. The van der Waals surface area contributed by atoms with Gasteiger partial charge in [-0.2, -0.15) is 10.1 Å². The van der Waals surface area contributed by atoms with Crippen molar-refractivity contribution in [3.8, 4) is 11.5 Å². The molecule has 0 aliphatic carbocycles. The highest BCUT2D eigenvalue weighted by Crippen LogP contribution is 2.19. The van der Waals surface area contributed by atoms with Gasteiger partial charge in [-0.05, 0) is 18.2 Å². The maximum Gasteiger partial charge on any atom is 0.377 e. The lowest BCUT2D eigenvalue weighted by atomic mass is 10.2. The Hall–Kier alpha value is -1.36. The molecule has 1 aromatic carbocycles. The molecule has 0 atom stereocenters. The first kappa shape index (κ1) is 8.25. The van der Waals surface area contributed by atoms with Crippen LogP contribution in [0.1, 0.15) is 0 Å². The van der Waals surface area contributed by atoms with E-state index in [1.165, 1.54) is 0 Å². The fourth-order valence-corrected chi connectivity index (χ4v) is 1.37. The van der Waals surface area contributed by atoms with Crippen molar-refractivity contribution in [2.75, 3.05) is 0 Å². The molecule has 0 bridgehead atoms. The van der Waals surface area contributed by atoms with Crippen molar-refractivity contribution in [3.63, 3.8) is 0 Å². The second-order valence-corrected chi connectivity index (χ2v) is 3.35. The van der Waals surface area contributed by atoms with Gasteiger partial charge in [0.1, 0.15) is 0 Å². The van der Waals surface area contributed by atoms with Crippen LogP contribution in [0, 0.1) is 0 Å². The van der Waals surface area contributed by atoms with E-state index in [1.807, 2.05) is 24.3 Å². The highest BCUT2D eigenvalue weighted by molar-refractivity contribution is 9.10. The fourth-order valence-electron chi connectivity index (χ4n) is 0.975. The summed E-state index contributed by atoms with van der Waals surface area (Å²) in [7, 11) is 0. The first-order chi connectivity index (χ1) is 6.25. The largest absolute Gasteiger partial charge is 0.377 e. The minimum Gasteiger partial charge on any atom is -0.357 e. The molecule has 66 valence electrons. The number of benzene rings is 1. The van der Waals surface area contributed by atoms with Gasteiger partial charge in [-0.3, -0.25) is 0 Å². The zero-order chi connectivity index (χ0) is 9.26. The van der Waals surface area contributed by atoms with Crippen molar-refractivity contribution >= 4 is 15.9 Å². The third-order valence-corrected chi connectivity index (χ3v) is 2.00. The molecule has 1 aromatic heterocycles. The van der Waals surface area contributed by atoms with Gasteiger partial charge in [0.15, 0.2) is 0 Å². The smallest absolute Gasteiger partial charge is 0.357 e. The predicted octanol–water partition coefficient (Wildman–Crippen LogP) is 1.79. The van der Waals surface area contributed by atoms with Crippen molar-refractivity contribution in [2.45, 2.75) is 0 Å². The molecule has 0 unspecified atom stereocenters. The summed E-state index contributed by atoms with van der Waals surface area (Å²) in [5, 5.41) is 2.13. The Morgan fingerprint density at radius 2 is 2.31 bits per heavy atom. The Kier molecular flexibility index (Phi) is 2.02. The summed E-state index contributed by atoms with van der Waals surface area (Å²) in [5.41, 5.74) is 0.280. The van der Waals surface area contributed by atoms with E-state index in [1.54, 1.807) is 0 Å². The van der Waals surface area contributed by atoms with E-state index >= 15 is 0 Å². The molecule has 0 saturated carbocycles. The molecule has 1 N–H and O–H groups in total. The molecule has 0 saturated heterocycles. The molecular weight excluding hydrogens is 236 g/mol. The molecule has 1 heterocycles. The summed E-state index contributed by atoms with van der Waals surface area (Å²) in [6.45, 7) is 0. The van der Waals surface area contributed by atoms with Gasteiger partial charge >= 0.3 is 5.69 Å². The lowest BCUT2D eigenvalue weighted by molar-refractivity contribution is 0.424. The Labute approximate surface area is 81.7 Å². The summed E-state index contributed by atoms with van der Waals surface area (Å²) in [6, 6.07) is 7.35. The first-order valence-electron chi connectivity index (χ1n) is 3.57. The van der Waals surface area contributed by atoms with Gasteiger partial charge in [0, 0.05) is 10.0 Å². The second-order valence-electron chi connectivity index (χ2n) is 2.44. The zero-order valence-electron chi connectivity index (χ0n) is 6.45. The molecule has 0 amide bonds. The van der Waals surface area contributed by atoms with Crippen molar-refractivity contribution in [1.29, 1.82) is 0 Å². The molecule has 0 spiro atoms. The summed E-state index contributed by atoms with van der Waals surface area (Å²) < 4.78 is 5.75. The summed E-state index contributed by atoms with van der Waals surface area (Å²) in [5.74, 6) is 0.298. The SMILES string of the molecule is O=c1nc(-c2cccc(Br)c2)o[nH]1. The lowest BCUT2D eigenvalue weighted by Gasteiger charge is -1.93. The fraction of sp³-hybridized carbons (Fsp3) is 0. The molecule has 0 aliphatic rings. The van der Waals surface area contributed by atoms with Crippen LogP contribution in [0.2, 0.25) is 0 Å². The van der Waals surface area contributed by atoms with Crippen molar-refractivity contribution < 1.29 is 4.52 Å². The molecule has 5 heteroatoms. The van der Waals surface area contributed by atoms with Crippen LogP contribution in [0.4, 0.5) is 0 Å². The monoisotopic (exact) mass is 240 g/mol. The number of halogens is 1. The van der Waals surface area contributed by atoms with E-state index < -0.39 is 5.69 Å². The quantitative estimate of drug-likeness (QED) is 0.827. The van der Waals surface area contributed by atoms with Crippen LogP contribution in [-0.4, -0.2) is 10.1 Å². The normalized spacial score (nSPS) is 10.2. The number of hydrogen-bond acceptors (Lipinski definition) is 3. The number of nitrogens with zero attached hydrogens (tertiary/aromatic N) is 1. The van der Waals surface area contributed by atoms with E-state index in [-0.39, 0.29) is 0 Å². The molecular formula is C8H5BrN2O2. The average Bonchev–Trinajstić information content (AvgIpc) is 2.52. The van der Waals surface area contributed by atoms with Gasteiger partial charge in [-0.1, -0.05) is 22.0 Å². The Bertz CT molecular complexity index is 475. The second kappa shape index (κ2) is 3.18. The van der Waals surface area contributed by atoms with Gasteiger partial charge < -0.3 is 4.52 Å². The van der Waals surface area contributed by atoms with Gasteiger partial charge in [0.2, 0.25) is 0 Å². The van der Waals surface area contributed by atoms with Crippen molar-refractivity contribution in [3.05, 3.63) is 39.2 Å². The Morgan fingerprint density at radius 1 is 1.46 bits per heavy atom. The molecule has 0 radical (unpaired) electrons. The number of aromatic amines is 1. The maximum absolute atomic E-state index is 10.7. The molecule has 0 aliphatic heterocycles. The minimum absolute atomic E-state index is 0.298. The summed E-state index contributed by atoms with van der Waals surface area (Å²) in [4.78, 5) is 14.3. The van der Waals surface area contributed by atoms with Gasteiger partial charge in [0.25, 0.3) is 5.89 Å². The van der Waals surface area contributed by atoms with Gasteiger partial charge in [-0.15, -0.1) is 0 Å². The van der Waals surface area contributed by atoms with Crippen LogP contribution in [-0.2, 0) is 0 Å². The highest BCUT2D eigenvalue weighted by Gasteiger charge is 2.04. The van der Waals surface area contributed by atoms with Crippen molar-refractivity contribution in [1.82, 2.24) is 10.1 Å². The van der Waals surface area contributed by atoms with Crippen molar-refractivity contribution in [2.24, 2.45) is 0 Å². The summed E-state index contributed by atoms with van der Waals surface area (Å²) in [6.07, 6.45) is 0. The first-order valence-corrected chi connectivity index (χ1v) is 4.36. The molecule has 2 rings (SSSR count). The topological polar surface area (TPSA) is 58.9 Å². The standard InChI is InChI=1S/C8H5BrN2O2/c9-6-3-1-2-5(4-6)7-10-8(12)11-13-7/h1-4H,(H,11,12). The molecule has 4 nitrogen and oxygen atoms in total. The van der Waals surface area contributed by atoms with Crippen LogP contribution in [0.3, 0.4) is 0 Å². The summed E-state index contributed by atoms with van der Waals surface area (Å²) >= 11 is 3.31. The third kappa shape index (κ3) is 1.70. The van der Waals surface area contributed by atoms with Gasteiger partial charge in [-0.25, -0.2) is 4.79 Å². The van der Waals surface area contributed by atoms with Crippen LogP contribution in [0.15, 0.2) is 38.1 Å². The van der Waals surface area contributed by atoms with Crippen LogP contribution >= 0.6 is 15.9 Å². The van der Waals surface area contributed by atoms with E-state index in [9.17, 15) is 4.79 Å². The van der Waals surface area contributed by atoms with E-state index in [2.05, 4.69) is 26.1 Å². The van der Waals surface area contributed by atoms with E-state index in [0.29, 0.717) is 5.89 Å². The number of H-pyrrole nitrogens is 1. The van der Waals surface area contributed by atoms with Crippen LogP contribution < -0.4 is 5.69 Å². The van der Waals surface area contributed by atoms with E-state index in [4.69, 9.17) is 4.52 Å². The lowest BCUT2D eigenvalue weighted by Crippen LogP contribution is -1.99. The van der Waals surface area contributed by atoms with Crippen LogP contribution in [0.25, 0.3) is 11.5 Å². The predicted molar refractivity (Wildman–Crippen MR) is 50.3 cm³/mol. The van der Waals surface area contributed by atoms with E-state index in [0.717, 1.165) is 10.0 Å². The number of hydrogen-bond donors (Lipinski definition) is 1. The number of aromatic nitrogens is 2. The Balaban J connectivity index is 2.52. The Morgan fingerprint density at radius 3 is 2.92 bits per heavy atom. The highest BCUT2D eigenvalue weighted by atomic mass is 79.9. The maximum atomic E-state index is 10.7. The molecule has 2 aromatic rings. The average molecular weight is 241 g/mol. The van der Waals surface area contributed by atoms with Crippen LogP contribution in [0.5, 0.6) is 0 Å². The zero-order valence-corrected chi connectivity index (χ0v) is 8.04. The third-order valence-electron chi connectivity index (χ3n) is 1.51. The molecule has 13 heavy (non-hydrogen) atoms.